The van der Waals surface area contributed by atoms with Gasteiger partial charge in [-0.15, -0.1) is 0 Å². The van der Waals surface area contributed by atoms with Crippen molar-refractivity contribution in [1.82, 2.24) is 19.9 Å². The Morgan fingerprint density at radius 2 is 2.25 bits per heavy atom. The summed E-state index contributed by atoms with van der Waals surface area (Å²) in [7, 11) is 0. The zero-order valence-corrected chi connectivity index (χ0v) is 11.1. The number of hydrogen-bond acceptors (Lipinski definition) is 5. The smallest absolute Gasteiger partial charge is 0.160 e. The van der Waals surface area contributed by atoms with Crippen molar-refractivity contribution in [3.63, 3.8) is 0 Å². The highest BCUT2D eigenvalue weighted by Gasteiger charge is 2.21. The topological polar surface area (TPSA) is 83.7 Å². The predicted octanol–water partition coefficient (Wildman–Crippen LogP) is 1.43. The van der Waals surface area contributed by atoms with E-state index < -0.39 is 0 Å². The lowest BCUT2D eigenvalue weighted by Gasteiger charge is -2.32. The van der Waals surface area contributed by atoms with Gasteiger partial charge in [-0.2, -0.15) is 0 Å². The maximum Gasteiger partial charge on any atom is 0.160 e. The Hall–Kier alpha value is -2.21. The molecule has 1 aliphatic rings. The first-order valence-electron chi connectivity index (χ1n) is 6.90. The number of piperidine rings is 1. The number of H-pyrrole nitrogens is 1. The lowest BCUT2D eigenvalue weighted by atomic mass is 10.1. The molecule has 6 nitrogen and oxygen atoms in total. The molecule has 102 valence electrons. The van der Waals surface area contributed by atoms with Gasteiger partial charge in [0.15, 0.2) is 5.65 Å². The van der Waals surface area contributed by atoms with Crippen molar-refractivity contribution in [3.05, 3.63) is 24.8 Å². The molecule has 4 rings (SSSR count). The summed E-state index contributed by atoms with van der Waals surface area (Å²) in [4.78, 5) is 18.6. The molecule has 0 bridgehead atoms. The van der Waals surface area contributed by atoms with E-state index in [-0.39, 0.29) is 6.04 Å². The van der Waals surface area contributed by atoms with Gasteiger partial charge in [-0.3, -0.25) is 0 Å². The van der Waals surface area contributed by atoms with Gasteiger partial charge in [0.05, 0.1) is 23.4 Å². The molecule has 1 saturated heterocycles. The van der Waals surface area contributed by atoms with Crippen LogP contribution in [0, 0.1) is 0 Å². The van der Waals surface area contributed by atoms with Crippen LogP contribution in [0.3, 0.4) is 0 Å². The molecule has 1 fully saturated rings. The van der Waals surface area contributed by atoms with Gasteiger partial charge in [-0.25, -0.2) is 15.0 Å². The molecule has 3 aromatic heterocycles. The van der Waals surface area contributed by atoms with E-state index in [1.54, 1.807) is 12.5 Å². The minimum atomic E-state index is 0.222. The number of nitrogens with one attached hydrogen (secondary N) is 1. The molecule has 3 N–H and O–H groups in total. The number of nitrogens with two attached hydrogens (primary N) is 1. The molecule has 3 aromatic rings. The van der Waals surface area contributed by atoms with Crippen molar-refractivity contribution < 1.29 is 0 Å². The second-order valence-corrected chi connectivity index (χ2v) is 5.30. The van der Waals surface area contributed by atoms with Crippen molar-refractivity contribution in [3.8, 4) is 0 Å². The van der Waals surface area contributed by atoms with E-state index >= 15 is 0 Å². The molecule has 1 aliphatic heterocycles. The average Bonchev–Trinajstić information content (AvgIpc) is 2.95. The molecule has 0 spiro atoms. The van der Waals surface area contributed by atoms with Crippen LogP contribution in [-0.4, -0.2) is 39.1 Å². The van der Waals surface area contributed by atoms with Crippen LogP contribution in [0.2, 0.25) is 0 Å². The summed E-state index contributed by atoms with van der Waals surface area (Å²) in [6.45, 7) is 1.85. The minimum absolute atomic E-state index is 0.222. The predicted molar refractivity (Wildman–Crippen MR) is 78.6 cm³/mol. The summed E-state index contributed by atoms with van der Waals surface area (Å²) in [5, 5.41) is 2.13. The maximum atomic E-state index is 6.10. The molecule has 0 saturated carbocycles. The SMILES string of the molecule is NC1CCCN(c2nc[nH]c3cnc4nccc4c23)C1. The van der Waals surface area contributed by atoms with Crippen LogP contribution < -0.4 is 10.6 Å². The van der Waals surface area contributed by atoms with E-state index in [2.05, 4.69) is 24.8 Å². The summed E-state index contributed by atoms with van der Waals surface area (Å²) in [5.74, 6) is 0.981. The van der Waals surface area contributed by atoms with Crippen LogP contribution in [0.1, 0.15) is 12.8 Å². The minimum Gasteiger partial charge on any atom is -0.354 e. The fraction of sp³-hybridized carbons (Fsp3) is 0.357. The number of fused-ring (bicyclic) bond motifs is 3. The van der Waals surface area contributed by atoms with Crippen molar-refractivity contribution in [2.45, 2.75) is 18.9 Å². The molecule has 1 atom stereocenters. The van der Waals surface area contributed by atoms with Gasteiger partial charge in [0, 0.05) is 30.7 Å². The largest absolute Gasteiger partial charge is 0.354 e. The lowest BCUT2D eigenvalue weighted by molar-refractivity contribution is 0.504. The summed E-state index contributed by atoms with van der Waals surface area (Å²) in [6.07, 6.45) is 7.52. The fourth-order valence-corrected chi connectivity index (χ4v) is 2.98. The molecule has 0 amide bonds. The number of rotatable bonds is 1. The summed E-state index contributed by atoms with van der Waals surface area (Å²) >= 11 is 0. The molecule has 20 heavy (non-hydrogen) atoms. The van der Waals surface area contributed by atoms with E-state index in [1.165, 1.54) is 0 Å². The Morgan fingerprint density at radius 1 is 1.30 bits per heavy atom. The van der Waals surface area contributed by atoms with E-state index in [1.807, 2.05) is 12.3 Å². The molecule has 0 aromatic carbocycles. The highest BCUT2D eigenvalue weighted by atomic mass is 15.2. The maximum absolute atomic E-state index is 6.10. The molecular weight excluding hydrogens is 252 g/mol. The van der Waals surface area contributed by atoms with Crippen LogP contribution in [-0.2, 0) is 0 Å². The van der Waals surface area contributed by atoms with E-state index in [0.717, 1.165) is 53.7 Å². The van der Waals surface area contributed by atoms with Crippen molar-refractivity contribution in [2.24, 2.45) is 5.73 Å². The number of hydrogen-bond donors (Lipinski definition) is 2. The van der Waals surface area contributed by atoms with Gasteiger partial charge in [-0.1, -0.05) is 0 Å². The number of aromatic nitrogens is 4. The molecule has 6 heteroatoms. The Morgan fingerprint density at radius 3 is 3.15 bits per heavy atom. The van der Waals surface area contributed by atoms with Crippen LogP contribution in [0.15, 0.2) is 24.8 Å². The fourth-order valence-electron chi connectivity index (χ4n) is 2.98. The van der Waals surface area contributed by atoms with Crippen molar-refractivity contribution >= 4 is 27.8 Å². The van der Waals surface area contributed by atoms with Crippen LogP contribution in [0.25, 0.3) is 21.9 Å². The van der Waals surface area contributed by atoms with Gasteiger partial charge in [0.25, 0.3) is 0 Å². The van der Waals surface area contributed by atoms with Crippen LogP contribution in [0.4, 0.5) is 5.82 Å². The quantitative estimate of drug-likeness (QED) is 0.697. The van der Waals surface area contributed by atoms with Crippen LogP contribution in [0.5, 0.6) is 0 Å². The molecule has 4 heterocycles. The molecule has 0 aliphatic carbocycles. The highest BCUT2D eigenvalue weighted by molar-refractivity contribution is 6.08. The Labute approximate surface area is 116 Å². The zero-order valence-electron chi connectivity index (χ0n) is 11.1. The number of nitrogens with zero attached hydrogens (tertiary/aromatic N) is 4. The molecule has 0 radical (unpaired) electrons. The first kappa shape index (κ1) is 11.6. The van der Waals surface area contributed by atoms with Gasteiger partial charge in [0.1, 0.15) is 5.82 Å². The highest BCUT2D eigenvalue weighted by Crippen LogP contribution is 2.30. The number of pyridine rings is 1. The van der Waals surface area contributed by atoms with Gasteiger partial charge in [0.2, 0.25) is 0 Å². The van der Waals surface area contributed by atoms with Crippen LogP contribution >= 0.6 is 0 Å². The molecule has 1 unspecified atom stereocenters. The van der Waals surface area contributed by atoms with E-state index in [4.69, 9.17) is 5.73 Å². The van der Waals surface area contributed by atoms with Crippen molar-refractivity contribution in [2.75, 3.05) is 18.0 Å². The monoisotopic (exact) mass is 268 g/mol. The number of aromatic amines is 1. The standard InChI is InChI=1S/C14H16N6/c15-9-2-1-5-20(7-9)14-12-10-3-4-16-13(10)17-6-11(12)18-8-19-14/h3-4,6,8-9H,1-2,5,7,15H2,(H,18,19). The first-order chi connectivity index (χ1) is 9.83. The average molecular weight is 268 g/mol. The second-order valence-electron chi connectivity index (χ2n) is 5.30. The summed E-state index contributed by atoms with van der Waals surface area (Å²) < 4.78 is 0. The number of anilines is 1. The van der Waals surface area contributed by atoms with Gasteiger partial charge in [-0.05, 0) is 18.9 Å². The third-order valence-corrected chi connectivity index (χ3v) is 3.92. The van der Waals surface area contributed by atoms with Gasteiger partial charge < -0.3 is 15.6 Å². The summed E-state index contributed by atoms with van der Waals surface area (Å²) in [6, 6.07) is 2.22. The third kappa shape index (κ3) is 1.72. The third-order valence-electron chi connectivity index (χ3n) is 3.92. The first-order valence-corrected chi connectivity index (χ1v) is 6.90. The zero-order chi connectivity index (χ0) is 13.5. The van der Waals surface area contributed by atoms with E-state index in [9.17, 15) is 0 Å². The Balaban J connectivity index is 1.96. The van der Waals surface area contributed by atoms with E-state index in [0.29, 0.717) is 0 Å². The van der Waals surface area contributed by atoms with Crippen molar-refractivity contribution in [1.29, 1.82) is 0 Å². The lowest BCUT2D eigenvalue weighted by Crippen LogP contribution is -2.43. The van der Waals surface area contributed by atoms with Gasteiger partial charge >= 0.3 is 0 Å². The Kier molecular flexibility index (Phi) is 2.56. The summed E-state index contributed by atoms with van der Waals surface area (Å²) in [5.41, 5.74) is 7.84. The normalized spacial score (nSPS) is 19.9. The molecular formula is C14H16N6. The Bertz CT molecular complexity index is 765. The second kappa shape index (κ2) is 4.42.